The average Bonchev–Trinajstić information content (AvgIpc) is 2.74. The first-order valence-electron chi connectivity index (χ1n) is 7.29. The van der Waals surface area contributed by atoms with Crippen molar-refractivity contribution >= 4 is 0 Å². The predicted octanol–water partition coefficient (Wildman–Crippen LogP) is 2.67. The van der Waals surface area contributed by atoms with Crippen LogP contribution in [0.4, 0.5) is 0 Å². The van der Waals surface area contributed by atoms with E-state index >= 15 is 0 Å². The Hall–Kier alpha value is -1.68. The molecule has 20 heavy (non-hydrogen) atoms. The Bertz CT molecular complexity index is 545. The molecule has 0 bridgehead atoms. The smallest absolute Gasteiger partial charge is 0.0679 e. The third-order valence-electron chi connectivity index (χ3n) is 3.64. The van der Waals surface area contributed by atoms with Crippen molar-refractivity contribution in [2.24, 2.45) is 5.92 Å². The number of hydrogen-bond donors (Lipinski definition) is 1. The van der Waals surface area contributed by atoms with Gasteiger partial charge in [-0.1, -0.05) is 13.8 Å². The molecule has 1 N–H and O–H groups in total. The molecule has 0 fully saturated rings. The first kappa shape index (κ1) is 14.7. The third-order valence-corrected chi connectivity index (χ3v) is 3.64. The molecule has 0 aliphatic heterocycles. The van der Waals surface area contributed by atoms with Crippen LogP contribution in [-0.4, -0.2) is 27.9 Å². The van der Waals surface area contributed by atoms with Crippen molar-refractivity contribution in [1.82, 2.24) is 20.1 Å². The van der Waals surface area contributed by atoms with Gasteiger partial charge < -0.3 is 5.32 Å². The minimum atomic E-state index is 0.613. The fourth-order valence-electron chi connectivity index (χ4n) is 2.52. The molecular formula is C16H24N4. The fourth-order valence-corrected chi connectivity index (χ4v) is 2.52. The maximum Gasteiger partial charge on any atom is 0.0679 e. The van der Waals surface area contributed by atoms with Crippen LogP contribution < -0.4 is 5.32 Å². The highest BCUT2D eigenvalue weighted by Crippen LogP contribution is 2.20. The van der Waals surface area contributed by atoms with Crippen LogP contribution in [0.5, 0.6) is 0 Å². The zero-order valence-corrected chi connectivity index (χ0v) is 12.8. The van der Waals surface area contributed by atoms with Crippen LogP contribution in [0.25, 0.3) is 5.69 Å². The van der Waals surface area contributed by atoms with Crippen LogP contribution in [0, 0.1) is 19.8 Å². The summed E-state index contributed by atoms with van der Waals surface area (Å²) in [4.78, 5) is 4.06. The van der Waals surface area contributed by atoms with Crippen LogP contribution in [0.2, 0.25) is 0 Å². The van der Waals surface area contributed by atoms with E-state index < -0.39 is 0 Å². The molecular weight excluding hydrogens is 248 g/mol. The van der Waals surface area contributed by atoms with Gasteiger partial charge in [-0.05, 0) is 57.0 Å². The van der Waals surface area contributed by atoms with Crippen molar-refractivity contribution < 1.29 is 0 Å². The summed E-state index contributed by atoms with van der Waals surface area (Å²) in [6.07, 6.45) is 4.67. The highest BCUT2D eigenvalue weighted by molar-refractivity contribution is 5.35. The van der Waals surface area contributed by atoms with E-state index in [0.717, 1.165) is 30.9 Å². The lowest BCUT2D eigenvalue weighted by molar-refractivity contribution is 0.519. The summed E-state index contributed by atoms with van der Waals surface area (Å²) in [7, 11) is 0. The summed E-state index contributed by atoms with van der Waals surface area (Å²) in [6.45, 7) is 10.8. The molecule has 1 unspecified atom stereocenters. The monoisotopic (exact) mass is 272 g/mol. The topological polar surface area (TPSA) is 42.7 Å². The van der Waals surface area contributed by atoms with E-state index in [1.54, 1.807) is 12.4 Å². The Morgan fingerprint density at radius 1 is 1.25 bits per heavy atom. The average molecular weight is 272 g/mol. The van der Waals surface area contributed by atoms with Crippen LogP contribution in [-0.2, 0) is 6.42 Å². The van der Waals surface area contributed by atoms with Gasteiger partial charge in [0.1, 0.15) is 0 Å². The number of hydrogen-bond acceptors (Lipinski definition) is 3. The minimum Gasteiger partial charge on any atom is -0.317 e. The SMILES string of the molecule is CCNCC(C)Cc1c(C)nn(-c2ccncc2)c1C. The Kier molecular flexibility index (Phi) is 4.90. The normalized spacial score (nSPS) is 12.6. The van der Waals surface area contributed by atoms with Crippen molar-refractivity contribution in [2.45, 2.75) is 34.1 Å². The number of nitrogens with zero attached hydrogens (tertiary/aromatic N) is 3. The van der Waals surface area contributed by atoms with Gasteiger partial charge in [0.25, 0.3) is 0 Å². The summed E-state index contributed by atoms with van der Waals surface area (Å²) >= 11 is 0. The maximum absolute atomic E-state index is 4.68. The highest BCUT2D eigenvalue weighted by Gasteiger charge is 2.15. The van der Waals surface area contributed by atoms with Crippen molar-refractivity contribution in [2.75, 3.05) is 13.1 Å². The van der Waals surface area contributed by atoms with Gasteiger partial charge in [0.15, 0.2) is 0 Å². The van der Waals surface area contributed by atoms with E-state index in [9.17, 15) is 0 Å². The van der Waals surface area contributed by atoms with Crippen LogP contribution in [0.15, 0.2) is 24.5 Å². The van der Waals surface area contributed by atoms with E-state index in [4.69, 9.17) is 0 Å². The Morgan fingerprint density at radius 2 is 1.95 bits per heavy atom. The summed E-state index contributed by atoms with van der Waals surface area (Å²) in [6, 6.07) is 3.98. The van der Waals surface area contributed by atoms with Crippen molar-refractivity contribution in [3.63, 3.8) is 0 Å². The van der Waals surface area contributed by atoms with Crippen LogP contribution >= 0.6 is 0 Å². The predicted molar refractivity (Wildman–Crippen MR) is 82.2 cm³/mol. The molecule has 4 nitrogen and oxygen atoms in total. The molecule has 0 saturated carbocycles. The second-order valence-electron chi connectivity index (χ2n) is 5.38. The summed E-state index contributed by atoms with van der Waals surface area (Å²) in [5, 5.41) is 8.09. The molecule has 2 aromatic heterocycles. The van der Waals surface area contributed by atoms with Gasteiger partial charge in [-0.15, -0.1) is 0 Å². The molecule has 2 heterocycles. The molecule has 0 radical (unpaired) electrons. The summed E-state index contributed by atoms with van der Waals surface area (Å²) in [5.74, 6) is 0.613. The van der Waals surface area contributed by atoms with Gasteiger partial charge in [0.05, 0.1) is 11.4 Å². The first-order valence-corrected chi connectivity index (χ1v) is 7.29. The Morgan fingerprint density at radius 3 is 2.60 bits per heavy atom. The fraction of sp³-hybridized carbons (Fsp3) is 0.500. The molecule has 2 rings (SSSR count). The van der Waals surface area contributed by atoms with Gasteiger partial charge in [-0.25, -0.2) is 4.68 Å². The molecule has 0 spiro atoms. The third kappa shape index (κ3) is 3.25. The number of pyridine rings is 1. The molecule has 108 valence electrons. The molecule has 2 aromatic rings. The van der Waals surface area contributed by atoms with E-state index in [-0.39, 0.29) is 0 Å². The molecule has 0 aromatic carbocycles. The number of rotatable bonds is 6. The highest BCUT2D eigenvalue weighted by atomic mass is 15.3. The number of aryl methyl sites for hydroxylation is 1. The van der Waals surface area contributed by atoms with Crippen molar-refractivity contribution in [1.29, 1.82) is 0 Å². The van der Waals surface area contributed by atoms with Gasteiger partial charge in [0.2, 0.25) is 0 Å². The molecule has 1 atom stereocenters. The van der Waals surface area contributed by atoms with Gasteiger partial charge >= 0.3 is 0 Å². The zero-order chi connectivity index (χ0) is 14.5. The molecule has 4 heteroatoms. The number of nitrogens with one attached hydrogen (secondary N) is 1. The van der Waals surface area contributed by atoms with Crippen molar-refractivity contribution in [3.05, 3.63) is 41.5 Å². The molecule has 0 aliphatic rings. The lowest BCUT2D eigenvalue weighted by atomic mass is 9.99. The zero-order valence-electron chi connectivity index (χ0n) is 12.8. The van der Waals surface area contributed by atoms with E-state index in [1.807, 2.05) is 16.8 Å². The standard InChI is InChI=1S/C16H24N4/c1-5-17-11-12(2)10-16-13(3)19-20(14(16)4)15-6-8-18-9-7-15/h6-9,12,17H,5,10-11H2,1-4H3. The maximum atomic E-state index is 4.68. The van der Waals surface area contributed by atoms with Gasteiger partial charge in [-0.2, -0.15) is 5.10 Å². The summed E-state index contributed by atoms with van der Waals surface area (Å²) < 4.78 is 2.02. The second kappa shape index (κ2) is 6.66. The largest absolute Gasteiger partial charge is 0.317 e. The Balaban J connectivity index is 2.21. The number of aromatic nitrogens is 3. The lowest BCUT2D eigenvalue weighted by Gasteiger charge is -2.12. The van der Waals surface area contributed by atoms with Crippen LogP contribution in [0.3, 0.4) is 0 Å². The summed E-state index contributed by atoms with van der Waals surface area (Å²) in [5.41, 5.74) is 4.80. The van der Waals surface area contributed by atoms with Gasteiger partial charge in [0, 0.05) is 18.1 Å². The van der Waals surface area contributed by atoms with Gasteiger partial charge in [-0.3, -0.25) is 4.98 Å². The van der Waals surface area contributed by atoms with E-state index in [0.29, 0.717) is 5.92 Å². The second-order valence-corrected chi connectivity index (χ2v) is 5.38. The van der Waals surface area contributed by atoms with Crippen molar-refractivity contribution in [3.8, 4) is 5.69 Å². The van der Waals surface area contributed by atoms with Crippen LogP contribution in [0.1, 0.15) is 30.8 Å². The minimum absolute atomic E-state index is 0.613. The molecule has 0 amide bonds. The molecule has 0 aliphatic carbocycles. The lowest BCUT2D eigenvalue weighted by Crippen LogP contribution is -2.22. The quantitative estimate of drug-likeness (QED) is 0.879. The Labute approximate surface area is 121 Å². The first-order chi connectivity index (χ1) is 9.63. The molecule has 0 saturated heterocycles. The van der Waals surface area contributed by atoms with E-state index in [1.165, 1.54) is 11.3 Å². The van der Waals surface area contributed by atoms with E-state index in [2.05, 4.69) is 43.1 Å².